The molecule has 4 nitrogen and oxygen atoms in total. The second kappa shape index (κ2) is 8.81. The number of rotatable bonds is 8. The van der Waals surface area contributed by atoms with Gasteiger partial charge in [0.2, 0.25) is 6.35 Å². The summed E-state index contributed by atoms with van der Waals surface area (Å²) in [4.78, 5) is 11.0. The maximum Gasteiger partial charge on any atom is 0.366 e. The van der Waals surface area contributed by atoms with Gasteiger partial charge in [-0.15, -0.1) is 0 Å². The summed E-state index contributed by atoms with van der Waals surface area (Å²) >= 11 is 0. The van der Waals surface area contributed by atoms with Crippen molar-refractivity contribution in [3.63, 3.8) is 0 Å². The van der Waals surface area contributed by atoms with E-state index in [-0.39, 0.29) is 12.3 Å². The van der Waals surface area contributed by atoms with E-state index < -0.39 is 7.80 Å². The van der Waals surface area contributed by atoms with Gasteiger partial charge in [-0.1, -0.05) is 11.5 Å². The molecule has 2 unspecified atom stereocenters. The lowest BCUT2D eigenvalue weighted by Crippen LogP contribution is -2.07. The Morgan fingerprint density at radius 3 is 2.67 bits per heavy atom. The van der Waals surface area contributed by atoms with Crippen LogP contribution in [0.2, 0.25) is 0 Å². The molecule has 0 aliphatic heterocycles. The van der Waals surface area contributed by atoms with Gasteiger partial charge in [-0.2, -0.15) is 0 Å². The van der Waals surface area contributed by atoms with Gasteiger partial charge in [0.25, 0.3) is 0 Å². The molecule has 5 heteroatoms. The van der Waals surface area contributed by atoms with E-state index in [0.717, 1.165) is 12.8 Å². The number of carbonyl (C=O) groups excluding carboxylic acids is 1. The number of aliphatic hydroxyl groups excluding tert-OH is 1. The van der Waals surface area contributed by atoms with Crippen LogP contribution in [-0.4, -0.2) is 30.2 Å². The lowest BCUT2D eigenvalue weighted by atomic mass is 10.0. The first-order valence-corrected chi connectivity index (χ1v) is 6.91. The van der Waals surface area contributed by atoms with Crippen molar-refractivity contribution in [2.75, 3.05) is 19.1 Å². The van der Waals surface area contributed by atoms with Crippen LogP contribution in [0.15, 0.2) is 0 Å². The summed E-state index contributed by atoms with van der Waals surface area (Å²) in [7, 11) is -1.45. The predicted molar refractivity (Wildman–Crippen MR) is 59.2 cm³/mol. The summed E-state index contributed by atoms with van der Waals surface area (Å²) in [5, 5.41) is 8.58. The normalized spacial score (nSPS) is 13.4. The van der Waals surface area contributed by atoms with Crippen molar-refractivity contribution in [3.05, 3.63) is 0 Å². The van der Waals surface area contributed by atoms with Gasteiger partial charge in [-0.3, -0.25) is 4.79 Å². The molecule has 0 amide bonds. The molecule has 0 heterocycles. The molecule has 0 radical (unpaired) electrons. The number of esters is 1. The highest BCUT2D eigenvalue weighted by Gasteiger charge is 2.15. The van der Waals surface area contributed by atoms with E-state index in [1.807, 2.05) is 6.92 Å². The smallest absolute Gasteiger partial charge is 0.366 e. The van der Waals surface area contributed by atoms with E-state index in [1.165, 1.54) is 0 Å². The van der Waals surface area contributed by atoms with E-state index >= 15 is 0 Å². The van der Waals surface area contributed by atoms with Gasteiger partial charge >= 0.3 is 13.8 Å². The molecule has 0 bridgehead atoms. The molecule has 1 N–H and O–H groups in total. The Hall–Kier alpha value is -0.470. The predicted octanol–water partition coefficient (Wildman–Crippen LogP) is 2.13. The molecule has 0 aliphatic rings. The van der Waals surface area contributed by atoms with Crippen LogP contribution in [0, 0.1) is 5.92 Å². The lowest BCUT2D eigenvalue weighted by Gasteiger charge is -2.07. The number of carbonyl (C=O) groups is 1. The summed E-state index contributed by atoms with van der Waals surface area (Å²) in [6, 6.07) is 0. The van der Waals surface area contributed by atoms with E-state index in [1.54, 1.807) is 6.92 Å². The number of hydrogen-bond acceptors (Lipinski definition) is 4. The van der Waals surface area contributed by atoms with E-state index in [4.69, 9.17) is 9.84 Å². The topological polar surface area (TPSA) is 63.6 Å². The van der Waals surface area contributed by atoms with Gasteiger partial charge in [0.15, 0.2) is 0 Å². The summed E-state index contributed by atoms with van der Waals surface area (Å²) in [6.07, 6.45) is 2.27. The minimum Gasteiger partial charge on any atom is -0.466 e. The van der Waals surface area contributed by atoms with Gasteiger partial charge < -0.3 is 9.84 Å². The fraction of sp³-hybridized carbons (Fsp3) is 0.900. The molecule has 0 rings (SSSR count). The molecule has 0 aromatic rings. The Bertz CT molecular complexity index is 206. The third-order valence-electron chi connectivity index (χ3n) is 2.18. The second-order valence-corrected chi connectivity index (χ2v) is 5.28. The quantitative estimate of drug-likeness (QED) is 0.517. The van der Waals surface area contributed by atoms with Gasteiger partial charge in [0.05, 0.1) is 6.61 Å². The largest absolute Gasteiger partial charge is 0.466 e. The molecule has 0 spiro atoms. The van der Waals surface area contributed by atoms with E-state index in [9.17, 15) is 9.36 Å². The van der Waals surface area contributed by atoms with Gasteiger partial charge in [0, 0.05) is 6.42 Å². The molecule has 88 valence electrons. The van der Waals surface area contributed by atoms with Crippen LogP contribution in [0.25, 0.3) is 0 Å². The maximum atomic E-state index is 11.0. The zero-order valence-electron chi connectivity index (χ0n) is 9.44. The Kier molecular flexibility index (Phi) is 8.53. The zero-order chi connectivity index (χ0) is 11.7. The highest BCUT2D eigenvalue weighted by Crippen LogP contribution is 2.23. The van der Waals surface area contributed by atoms with Crippen molar-refractivity contribution in [1.29, 1.82) is 0 Å². The third-order valence-corrected chi connectivity index (χ3v) is 3.25. The Morgan fingerprint density at radius 2 is 2.13 bits per heavy atom. The fourth-order valence-corrected chi connectivity index (χ4v) is 2.05. The van der Waals surface area contributed by atoms with Crippen molar-refractivity contribution in [3.8, 4) is 0 Å². The van der Waals surface area contributed by atoms with Crippen molar-refractivity contribution in [1.82, 2.24) is 0 Å². The molecule has 2 atom stereocenters. The average molecular weight is 235 g/mol. The summed E-state index contributed by atoms with van der Waals surface area (Å²) in [5.41, 5.74) is 0. The number of aliphatic hydroxyl groups is 1. The highest BCUT2D eigenvalue weighted by atomic mass is 31.1. The Balaban J connectivity index is 3.52. The highest BCUT2D eigenvalue weighted by molar-refractivity contribution is 7.44. The third kappa shape index (κ3) is 8.52. The van der Waals surface area contributed by atoms with Crippen LogP contribution in [0.1, 0.15) is 33.1 Å². The minimum atomic E-state index is -1.45. The monoisotopic (exact) mass is 235 g/mol. The van der Waals surface area contributed by atoms with Crippen LogP contribution in [0.3, 0.4) is 0 Å². The first-order valence-electron chi connectivity index (χ1n) is 5.28. The summed E-state index contributed by atoms with van der Waals surface area (Å²) < 4.78 is 15.8. The van der Waals surface area contributed by atoms with Crippen LogP contribution >= 0.6 is 7.80 Å². The van der Waals surface area contributed by atoms with Gasteiger partial charge in [-0.05, 0) is 25.7 Å². The fourth-order valence-electron chi connectivity index (χ4n) is 1.18. The van der Waals surface area contributed by atoms with E-state index in [0.29, 0.717) is 25.1 Å². The van der Waals surface area contributed by atoms with Crippen molar-refractivity contribution < 1.29 is 19.2 Å². The summed E-state index contributed by atoms with van der Waals surface area (Å²) in [6.45, 7) is 4.22. The SMILES string of the molecule is CCOC(=O)CCC(C)CC[P+](=O)CO. The molecular weight excluding hydrogens is 215 g/mol. The molecule has 0 saturated carbocycles. The van der Waals surface area contributed by atoms with Crippen LogP contribution in [0.5, 0.6) is 0 Å². The molecule has 0 fully saturated rings. The molecule has 0 saturated heterocycles. The van der Waals surface area contributed by atoms with Crippen LogP contribution in [-0.2, 0) is 14.1 Å². The van der Waals surface area contributed by atoms with Crippen molar-refractivity contribution >= 4 is 13.8 Å². The van der Waals surface area contributed by atoms with Crippen molar-refractivity contribution in [2.45, 2.75) is 33.1 Å². The molecule has 0 aromatic heterocycles. The minimum absolute atomic E-state index is 0.170. The Morgan fingerprint density at radius 1 is 1.47 bits per heavy atom. The second-order valence-electron chi connectivity index (χ2n) is 3.58. The molecular formula is C10H20O4P+. The summed E-state index contributed by atoms with van der Waals surface area (Å²) in [5.74, 6) is 0.177. The first-order chi connectivity index (χ1) is 7.10. The van der Waals surface area contributed by atoms with Crippen LogP contribution in [0.4, 0.5) is 0 Å². The standard InChI is InChI=1S/C10H20O4P/c1-3-14-10(12)5-4-9(2)6-7-15(13)8-11/h9,11H,3-8H2,1-2H3/q+1. The average Bonchev–Trinajstić information content (AvgIpc) is 2.23. The molecule has 0 aromatic carbocycles. The maximum absolute atomic E-state index is 11.0. The number of hydrogen-bond donors (Lipinski definition) is 1. The zero-order valence-corrected chi connectivity index (χ0v) is 10.3. The number of ether oxygens (including phenoxy) is 1. The van der Waals surface area contributed by atoms with E-state index in [2.05, 4.69) is 0 Å². The molecule has 0 aliphatic carbocycles. The van der Waals surface area contributed by atoms with Crippen molar-refractivity contribution in [2.24, 2.45) is 5.92 Å². The lowest BCUT2D eigenvalue weighted by molar-refractivity contribution is -0.143. The Labute approximate surface area is 91.8 Å². The molecule has 15 heavy (non-hydrogen) atoms. The van der Waals surface area contributed by atoms with Gasteiger partial charge in [0.1, 0.15) is 6.16 Å². The van der Waals surface area contributed by atoms with Crippen LogP contribution < -0.4 is 0 Å². The first kappa shape index (κ1) is 14.5. The van der Waals surface area contributed by atoms with Gasteiger partial charge in [-0.25, -0.2) is 0 Å².